The Labute approximate surface area is 188 Å². The standard InChI is InChI=1S/C24H20N8O/c1-32(2)12-14-7-16(10-25-9-14)19-8-17-20(11-27-19)30-31-22(17)24-28-18-3-5-26-21(23(18)29-24)15-4-6-33-13-15/h3-11,13H,12H2,1-2H3,(H,28,29)(H,30,31). The first-order valence-electron chi connectivity index (χ1n) is 10.5. The Morgan fingerprint density at radius 1 is 0.970 bits per heavy atom. The summed E-state index contributed by atoms with van der Waals surface area (Å²) in [6.07, 6.45) is 10.5. The highest BCUT2D eigenvalue weighted by Crippen LogP contribution is 2.31. The van der Waals surface area contributed by atoms with Crippen LogP contribution in [-0.4, -0.2) is 54.1 Å². The Hall–Kier alpha value is -4.37. The second kappa shape index (κ2) is 7.64. The van der Waals surface area contributed by atoms with Crippen molar-refractivity contribution in [1.29, 1.82) is 0 Å². The van der Waals surface area contributed by atoms with Crippen molar-refractivity contribution >= 4 is 21.9 Å². The molecule has 0 amide bonds. The van der Waals surface area contributed by atoms with E-state index in [1.54, 1.807) is 24.9 Å². The van der Waals surface area contributed by atoms with Crippen LogP contribution in [0.25, 0.3) is 56.0 Å². The number of imidazole rings is 1. The van der Waals surface area contributed by atoms with Gasteiger partial charge in [-0.3, -0.25) is 20.1 Å². The van der Waals surface area contributed by atoms with Crippen LogP contribution in [-0.2, 0) is 6.54 Å². The zero-order chi connectivity index (χ0) is 22.4. The summed E-state index contributed by atoms with van der Waals surface area (Å²) in [6, 6.07) is 7.91. The second-order valence-corrected chi connectivity index (χ2v) is 8.16. The van der Waals surface area contributed by atoms with E-state index >= 15 is 0 Å². The van der Waals surface area contributed by atoms with E-state index in [0.717, 1.165) is 62.3 Å². The van der Waals surface area contributed by atoms with E-state index in [4.69, 9.17) is 9.40 Å². The van der Waals surface area contributed by atoms with Crippen LogP contribution in [0.2, 0.25) is 0 Å². The van der Waals surface area contributed by atoms with Crippen LogP contribution < -0.4 is 0 Å². The quantitative estimate of drug-likeness (QED) is 0.415. The van der Waals surface area contributed by atoms with Gasteiger partial charge in [-0.2, -0.15) is 5.10 Å². The Balaban J connectivity index is 1.45. The fourth-order valence-electron chi connectivity index (χ4n) is 3.99. The van der Waals surface area contributed by atoms with Gasteiger partial charge in [0.15, 0.2) is 5.82 Å². The SMILES string of the molecule is CN(C)Cc1cncc(-c2cc3c(-c4nc5c(-c6ccoc6)nccc5[nH]4)n[nH]c3cn2)c1. The number of nitrogens with one attached hydrogen (secondary N) is 2. The predicted molar refractivity (Wildman–Crippen MR) is 125 cm³/mol. The Morgan fingerprint density at radius 3 is 2.76 bits per heavy atom. The molecule has 0 fully saturated rings. The monoisotopic (exact) mass is 436 g/mol. The molecule has 33 heavy (non-hydrogen) atoms. The smallest absolute Gasteiger partial charge is 0.159 e. The largest absolute Gasteiger partial charge is 0.472 e. The van der Waals surface area contributed by atoms with Crippen LogP contribution in [0.4, 0.5) is 0 Å². The van der Waals surface area contributed by atoms with Crippen LogP contribution >= 0.6 is 0 Å². The lowest BCUT2D eigenvalue weighted by atomic mass is 10.1. The van der Waals surface area contributed by atoms with E-state index in [1.165, 1.54) is 0 Å². The summed E-state index contributed by atoms with van der Waals surface area (Å²) >= 11 is 0. The number of furan rings is 1. The van der Waals surface area contributed by atoms with Gasteiger partial charge in [-0.15, -0.1) is 0 Å². The molecule has 0 saturated carbocycles. The average molecular weight is 436 g/mol. The number of hydrogen-bond acceptors (Lipinski definition) is 7. The molecule has 0 radical (unpaired) electrons. The molecule has 2 N–H and O–H groups in total. The molecule has 0 saturated heterocycles. The molecular weight excluding hydrogens is 416 g/mol. The summed E-state index contributed by atoms with van der Waals surface area (Å²) in [7, 11) is 4.07. The lowest BCUT2D eigenvalue weighted by molar-refractivity contribution is 0.402. The molecule has 162 valence electrons. The summed E-state index contributed by atoms with van der Waals surface area (Å²) in [6.45, 7) is 0.812. The maximum atomic E-state index is 5.23. The third kappa shape index (κ3) is 3.44. The lowest BCUT2D eigenvalue weighted by Gasteiger charge is -2.10. The third-order valence-corrected chi connectivity index (χ3v) is 5.46. The number of aromatic amines is 2. The molecule has 0 aliphatic heterocycles. The molecule has 6 aromatic rings. The van der Waals surface area contributed by atoms with Gasteiger partial charge >= 0.3 is 0 Å². The maximum Gasteiger partial charge on any atom is 0.159 e. The van der Waals surface area contributed by atoms with Gasteiger partial charge in [-0.1, -0.05) is 0 Å². The van der Waals surface area contributed by atoms with E-state index in [9.17, 15) is 0 Å². The number of nitrogens with zero attached hydrogens (tertiary/aromatic N) is 6. The molecule has 0 aromatic carbocycles. The third-order valence-electron chi connectivity index (χ3n) is 5.46. The first-order valence-corrected chi connectivity index (χ1v) is 10.5. The highest BCUT2D eigenvalue weighted by Gasteiger charge is 2.17. The Bertz CT molecular complexity index is 1580. The van der Waals surface area contributed by atoms with Crippen LogP contribution in [0.1, 0.15) is 5.56 Å². The fraction of sp³-hybridized carbons (Fsp3) is 0.125. The molecule has 0 aliphatic rings. The number of H-pyrrole nitrogens is 2. The minimum atomic E-state index is 0.658. The van der Waals surface area contributed by atoms with Gasteiger partial charge in [0.2, 0.25) is 0 Å². The zero-order valence-corrected chi connectivity index (χ0v) is 18.1. The normalized spacial score (nSPS) is 11.7. The first-order chi connectivity index (χ1) is 16.2. The molecule has 0 unspecified atom stereocenters. The molecule has 6 heterocycles. The number of pyridine rings is 3. The van der Waals surface area contributed by atoms with Crippen LogP contribution in [0.3, 0.4) is 0 Å². The molecule has 6 aromatic heterocycles. The van der Waals surface area contributed by atoms with Crippen molar-refractivity contribution in [2.24, 2.45) is 0 Å². The lowest BCUT2D eigenvalue weighted by Crippen LogP contribution is -2.10. The molecule has 9 nitrogen and oxygen atoms in total. The zero-order valence-electron chi connectivity index (χ0n) is 18.1. The van der Waals surface area contributed by atoms with Crippen molar-refractivity contribution in [3.63, 3.8) is 0 Å². The number of hydrogen-bond donors (Lipinski definition) is 2. The molecule has 9 heteroatoms. The summed E-state index contributed by atoms with van der Waals surface area (Å²) in [4.78, 5) is 23.8. The van der Waals surface area contributed by atoms with Crippen molar-refractivity contribution in [1.82, 2.24) is 40.0 Å². The van der Waals surface area contributed by atoms with Gasteiger partial charge in [0.25, 0.3) is 0 Å². The van der Waals surface area contributed by atoms with Crippen LogP contribution in [0.15, 0.2) is 66.0 Å². The van der Waals surface area contributed by atoms with Gasteiger partial charge < -0.3 is 14.3 Å². The molecular formula is C24H20N8O. The van der Waals surface area contributed by atoms with Gasteiger partial charge in [0, 0.05) is 41.6 Å². The van der Waals surface area contributed by atoms with Gasteiger partial charge in [0.05, 0.1) is 35.5 Å². The number of fused-ring (bicyclic) bond motifs is 2. The first kappa shape index (κ1) is 19.3. The maximum absolute atomic E-state index is 5.23. The van der Waals surface area contributed by atoms with Gasteiger partial charge in [-0.25, -0.2) is 4.98 Å². The van der Waals surface area contributed by atoms with Crippen molar-refractivity contribution in [2.75, 3.05) is 14.1 Å². The summed E-state index contributed by atoms with van der Waals surface area (Å²) < 4.78 is 5.23. The number of aromatic nitrogens is 7. The van der Waals surface area contributed by atoms with Crippen LogP contribution in [0.5, 0.6) is 0 Å². The fourth-order valence-corrected chi connectivity index (χ4v) is 3.99. The van der Waals surface area contributed by atoms with Crippen molar-refractivity contribution < 1.29 is 4.42 Å². The summed E-state index contributed by atoms with van der Waals surface area (Å²) in [5, 5.41) is 8.51. The molecule has 0 bridgehead atoms. The molecule has 0 aliphatic carbocycles. The average Bonchev–Trinajstić information content (AvgIpc) is 3.57. The minimum absolute atomic E-state index is 0.658. The molecule has 0 atom stereocenters. The van der Waals surface area contributed by atoms with Crippen molar-refractivity contribution in [3.8, 4) is 34.0 Å². The predicted octanol–water partition coefficient (Wildman–Crippen LogP) is 4.28. The topological polar surface area (TPSA) is 112 Å². The Morgan fingerprint density at radius 2 is 1.91 bits per heavy atom. The van der Waals surface area contributed by atoms with E-state index in [1.807, 2.05) is 44.7 Å². The highest BCUT2D eigenvalue weighted by molar-refractivity contribution is 5.96. The molecule has 0 spiro atoms. The van der Waals surface area contributed by atoms with Crippen LogP contribution in [0, 0.1) is 0 Å². The van der Waals surface area contributed by atoms with E-state index in [2.05, 4.69) is 41.1 Å². The summed E-state index contributed by atoms with van der Waals surface area (Å²) in [5.41, 5.74) is 7.75. The highest BCUT2D eigenvalue weighted by atomic mass is 16.3. The van der Waals surface area contributed by atoms with Crippen molar-refractivity contribution in [2.45, 2.75) is 6.54 Å². The van der Waals surface area contributed by atoms with E-state index in [-0.39, 0.29) is 0 Å². The number of rotatable bonds is 5. The van der Waals surface area contributed by atoms with E-state index in [0.29, 0.717) is 5.82 Å². The van der Waals surface area contributed by atoms with Gasteiger partial charge in [0.1, 0.15) is 16.9 Å². The summed E-state index contributed by atoms with van der Waals surface area (Å²) in [5.74, 6) is 0.658. The minimum Gasteiger partial charge on any atom is -0.472 e. The van der Waals surface area contributed by atoms with Crippen molar-refractivity contribution in [3.05, 3.63) is 67.1 Å². The molecule has 6 rings (SSSR count). The van der Waals surface area contributed by atoms with Gasteiger partial charge in [-0.05, 0) is 43.9 Å². The Kier molecular flexibility index (Phi) is 4.48. The second-order valence-electron chi connectivity index (χ2n) is 8.16. The van der Waals surface area contributed by atoms with E-state index < -0.39 is 0 Å².